The van der Waals surface area contributed by atoms with Crippen LogP contribution in [0.15, 0.2) is 18.2 Å². The van der Waals surface area contributed by atoms with Gasteiger partial charge in [-0.05, 0) is 18.2 Å². The maximum absolute atomic E-state index is 11.9. The van der Waals surface area contributed by atoms with E-state index in [4.69, 9.17) is 9.47 Å². The van der Waals surface area contributed by atoms with Crippen molar-refractivity contribution >= 4 is 11.9 Å². The molecule has 0 heterocycles. The van der Waals surface area contributed by atoms with E-state index in [2.05, 4.69) is 10.1 Å². The molecule has 0 saturated heterocycles. The molecule has 0 aliphatic heterocycles. The van der Waals surface area contributed by atoms with Crippen LogP contribution < -0.4 is 10.1 Å². The molecule has 0 aliphatic rings. The number of hydrogen-bond donors (Lipinski definition) is 1. The number of esters is 1. The molecule has 6 heteroatoms. The fraction of sp³-hybridized carbons (Fsp3) is 0.385. The van der Waals surface area contributed by atoms with E-state index in [1.807, 2.05) is 0 Å². The molecule has 0 aromatic heterocycles. The SMILES string of the molecule is COCCNC(=O)c1cc(OC)cc(C(=O)OC)c1. The number of hydrogen-bond acceptors (Lipinski definition) is 5. The zero-order valence-electron chi connectivity index (χ0n) is 11.2. The largest absolute Gasteiger partial charge is 0.497 e. The van der Waals surface area contributed by atoms with E-state index >= 15 is 0 Å². The fourth-order valence-electron chi connectivity index (χ4n) is 1.45. The molecule has 0 fully saturated rings. The van der Waals surface area contributed by atoms with Gasteiger partial charge in [0.2, 0.25) is 0 Å². The Morgan fingerprint density at radius 3 is 2.37 bits per heavy atom. The molecule has 1 aromatic rings. The Kier molecular flexibility index (Phi) is 5.81. The first-order chi connectivity index (χ1) is 9.12. The molecule has 1 amide bonds. The quantitative estimate of drug-likeness (QED) is 0.611. The predicted octanol–water partition coefficient (Wildman–Crippen LogP) is 0.858. The molecule has 1 N–H and O–H groups in total. The first-order valence-corrected chi connectivity index (χ1v) is 5.67. The van der Waals surface area contributed by atoms with Gasteiger partial charge < -0.3 is 19.5 Å². The van der Waals surface area contributed by atoms with Crippen molar-refractivity contribution in [3.8, 4) is 5.75 Å². The summed E-state index contributed by atoms with van der Waals surface area (Å²) >= 11 is 0. The molecule has 0 aliphatic carbocycles. The Balaban J connectivity index is 2.93. The number of nitrogens with one attached hydrogen (secondary N) is 1. The molecular formula is C13H17NO5. The van der Waals surface area contributed by atoms with Gasteiger partial charge in [-0.25, -0.2) is 4.79 Å². The number of carbonyl (C=O) groups is 2. The number of carbonyl (C=O) groups excluding carboxylic acids is 2. The van der Waals surface area contributed by atoms with Crippen LogP contribution in [0.25, 0.3) is 0 Å². The van der Waals surface area contributed by atoms with Crippen LogP contribution >= 0.6 is 0 Å². The second-order valence-corrected chi connectivity index (χ2v) is 3.69. The molecule has 0 unspecified atom stereocenters. The lowest BCUT2D eigenvalue weighted by atomic mass is 10.1. The van der Waals surface area contributed by atoms with Gasteiger partial charge in [0.05, 0.1) is 26.4 Å². The summed E-state index contributed by atoms with van der Waals surface area (Å²) in [5.74, 6) is -0.411. The first-order valence-electron chi connectivity index (χ1n) is 5.67. The third-order valence-corrected chi connectivity index (χ3v) is 2.42. The molecule has 1 aromatic carbocycles. The van der Waals surface area contributed by atoms with Crippen LogP contribution in [0.2, 0.25) is 0 Å². The van der Waals surface area contributed by atoms with E-state index in [0.717, 1.165) is 0 Å². The van der Waals surface area contributed by atoms with Crippen molar-refractivity contribution in [2.45, 2.75) is 0 Å². The van der Waals surface area contributed by atoms with Gasteiger partial charge in [-0.2, -0.15) is 0 Å². The van der Waals surface area contributed by atoms with Crippen LogP contribution in [-0.2, 0) is 9.47 Å². The van der Waals surface area contributed by atoms with Crippen molar-refractivity contribution in [1.29, 1.82) is 0 Å². The molecule has 0 saturated carbocycles. The highest BCUT2D eigenvalue weighted by Gasteiger charge is 2.13. The molecule has 0 bridgehead atoms. The number of amides is 1. The third kappa shape index (κ3) is 4.26. The summed E-state index contributed by atoms with van der Waals surface area (Å²) < 4.78 is 14.5. The maximum Gasteiger partial charge on any atom is 0.338 e. The summed E-state index contributed by atoms with van der Waals surface area (Å²) in [5, 5.41) is 2.66. The summed E-state index contributed by atoms with van der Waals surface area (Å²) in [6, 6.07) is 4.52. The minimum Gasteiger partial charge on any atom is -0.497 e. The minimum atomic E-state index is -0.523. The molecule has 0 radical (unpaired) electrons. The van der Waals surface area contributed by atoms with Crippen LogP contribution in [0.5, 0.6) is 5.75 Å². The molecule has 0 spiro atoms. The summed E-state index contributed by atoms with van der Waals surface area (Å²) in [7, 11) is 4.29. The van der Waals surface area contributed by atoms with E-state index in [1.165, 1.54) is 26.4 Å². The molecule has 0 atom stereocenters. The average molecular weight is 267 g/mol. The van der Waals surface area contributed by atoms with E-state index in [9.17, 15) is 9.59 Å². The molecule has 104 valence electrons. The summed E-state index contributed by atoms with van der Waals surface area (Å²) in [6.45, 7) is 0.805. The van der Waals surface area contributed by atoms with Crippen LogP contribution in [-0.4, -0.2) is 46.4 Å². The van der Waals surface area contributed by atoms with Crippen LogP contribution in [0.1, 0.15) is 20.7 Å². The van der Waals surface area contributed by atoms with Gasteiger partial charge in [0.15, 0.2) is 0 Å². The van der Waals surface area contributed by atoms with Gasteiger partial charge >= 0.3 is 5.97 Å². The van der Waals surface area contributed by atoms with Gasteiger partial charge in [0, 0.05) is 19.2 Å². The number of benzene rings is 1. The normalized spacial score (nSPS) is 9.84. The fourth-order valence-corrected chi connectivity index (χ4v) is 1.45. The lowest BCUT2D eigenvalue weighted by Gasteiger charge is -2.08. The second-order valence-electron chi connectivity index (χ2n) is 3.69. The Bertz CT molecular complexity index is 458. The maximum atomic E-state index is 11.9. The smallest absolute Gasteiger partial charge is 0.338 e. The van der Waals surface area contributed by atoms with E-state index in [0.29, 0.717) is 24.5 Å². The predicted molar refractivity (Wildman–Crippen MR) is 68.5 cm³/mol. The Morgan fingerprint density at radius 1 is 1.11 bits per heavy atom. The van der Waals surface area contributed by atoms with Crippen LogP contribution in [0.3, 0.4) is 0 Å². The molecule has 1 rings (SSSR count). The molecule has 6 nitrogen and oxygen atoms in total. The van der Waals surface area contributed by atoms with E-state index in [1.54, 1.807) is 13.2 Å². The first kappa shape index (κ1) is 15.0. The van der Waals surface area contributed by atoms with E-state index < -0.39 is 5.97 Å². The molecule has 19 heavy (non-hydrogen) atoms. The van der Waals surface area contributed by atoms with Crippen LogP contribution in [0, 0.1) is 0 Å². The van der Waals surface area contributed by atoms with Crippen molar-refractivity contribution in [2.24, 2.45) is 0 Å². The zero-order valence-corrected chi connectivity index (χ0v) is 11.2. The zero-order chi connectivity index (χ0) is 14.3. The third-order valence-electron chi connectivity index (χ3n) is 2.42. The second kappa shape index (κ2) is 7.38. The summed E-state index contributed by atoms with van der Waals surface area (Å²) in [4.78, 5) is 23.4. The highest BCUT2D eigenvalue weighted by Crippen LogP contribution is 2.17. The van der Waals surface area contributed by atoms with Gasteiger partial charge in [-0.15, -0.1) is 0 Å². The van der Waals surface area contributed by atoms with Crippen molar-refractivity contribution < 1.29 is 23.8 Å². The lowest BCUT2D eigenvalue weighted by molar-refractivity contribution is 0.0600. The van der Waals surface area contributed by atoms with E-state index in [-0.39, 0.29) is 11.5 Å². The number of rotatable bonds is 6. The Hall–Kier alpha value is -2.08. The minimum absolute atomic E-state index is 0.263. The van der Waals surface area contributed by atoms with Gasteiger partial charge in [-0.1, -0.05) is 0 Å². The van der Waals surface area contributed by atoms with Crippen molar-refractivity contribution in [3.63, 3.8) is 0 Å². The number of methoxy groups -OCH3 is 3. The highest BCUT2D eigenvalue weighted by molar-refractivity contribution is 5.98. The average Bonchev–Trinajstić information content (AvgIpc) is 2.45. The molecular weight excluding hydrogens is 250 g/mol. The summed E-state index contributed by atoms with van der Waals surface area (Å²) in [5.41, 5.74) is 0.592. The van der Waals surface area contributed by atoms with Gasteiger partial charge in [-0.3, -0.25) is 4.79 Å². The van der Waals surface area contributed by atoms with Gasteiger partial charge in [0.1, 0.15) is 5.75 Å². The Labute approximate surface area is 111 Å². The highest BCUT2D eigenvalue weighted by atomic mass is 16.5. The van der Waals surface area contributed by atoms with Crippen molar-refractivity contribution in [3.05, 3.63) is 29.3 Å². The topological polar surface area (TPSA) is 73.9 Å². The summed E-state index contributed by atoms with van der Waals surface area (Å²) in [6.07, 6.45) is 0. The van der Waals surface area contributed by atoms with Gasteiger partial charge in [0.25, 0.3) is 5.91 Å². The Morgan fingerprint density at radius 2 is 1.79 bits per heavy atom. The lowest BCUT2D eigenvalue weighted by Crippen LogP contribution is -2.27. The van der Waals surface area contributed by atoms with Crippen molar-refractivity contribution in [1.82, 2.24) is 5.32 Å². The number of ether oxygens (including phenoxy) is 3. The van der Waals surface area contributed by atoms with Crippen LogP contribution in [0.4, 0.5) is 0 Å². The van der Waals surface area contributed by atoms with Crippen molar-refractivity contribution in [2.75, 3.05) is 34.5 Å². The standard InChI is InChI=1S/C13H17NO5/c1-17-5-4-14-12(15)9-6-10(13(16)19-3)8-11(7-9)18-2/h6-8H,4-5H2,1-3H3,(H,14,15). The monoisotopic (exact) mass is 267 g/mol.